The summed E-state index contributed by atoms with van der Waals surface area (Å²) >= 11 is 0. The first-order chi connectivity index (χ1) is 10.4. The van der Waals surface area contributed by atoms with Crippen molar-refractivity contribution in [2.24, 2.45) is 0 Å². The molecule has 0 N–H and O–H groups in total. The average molecular weight is 318 g/mol. The molecule has 0 heterocycles. The largest absolute Gasteiger partial charge is 0.516 e. The molecule has 0 aromatic rings. The molecule has 0 bridgehead atoms. The standard InChI is InChI=1S/C14H22O8/c1-4-6-14(2,3)22-20-8-5-12(16)21-13(17)19-11-10-18-9-7-15/h5,7-8H,4,6,9-11H2,1-3H3. The maximum absolute atomic E-state index is 11.2. The van der Waals surface area contributed by atoms with Crippen LogP contribution in [0, 0.1) is 0 Å². The van der Waals surface area contributed by atoms with Crippen molar-refractivity contribution in [3.63, 3.8) is 0 Å². The Morgan fingerprint density at radius 2 is 1.91 bits per heavy atom. The van der Waals surface area contributed by atoms with Crippen LogP contribution in [0.4, 0.5) is 4.79 Å². The minimum atomic E-state index is -1.17. The molecule has 8 nitrogen and oxygen atoms in total. The van der Waals surface area contributed by atoms with E-state index in [1.807, 2.05) is 20.8 Å². The van der Waals surface area contributed by atoms with Gasteiger partial charge in [0, 0.05) is 0 Å². The van der Waals surface area contributed by atoms with Gasteiger partial charge in [0.25, 0.3) is 0 Å². The predicted molar refractivity (Wildman–Crippen MR) is 74.6 cm³/mol. The number of carbonyl (C=O) groups is 3. The molecule has 0 aliphatic rings. The monoisotopic (exact) mass is 318 g/mol. The molecule has 0 aliphatic carbocycles. The van der Waals surface area contributed by atoms with Crippen molar-refractivity contribution >= 4 is 18.4 Å². The number of aldehydes is 1. The topological polar surface area (TPSA) is 97.4 Å². The lowest BCUT2D eigenvalue weighted by atomic mass is 10.0. The van der Waals surface area contributed by atoms with Crippen LogP contribution < -0.4 is 0 Å². The van der Waals surface area contributed by atoms with Gasteiger partial charge in [-0.15, -0.1) is 0 Å². The van der Waals surface area contributed by atoms with Gasteiger partial charge >= 0.3 is 12.1 Å². The number of hydrogen-bond donors (Lipinski definition) is 0. The Morgan fingerprint density at radius 3 is 2.55 bits per heavy atom. The molecule has 0 aliphatic heterocycles. The summed E-state index contributed by atoms with van der Waals surface area (Å²) in [6.07, 6.45) is 2.95. The lowest BCUT2D eigenvalue weighted by molar-refractivity contribution is -0.317. The first-order valence-electron chi connectivity index (χ1n) is 6.82. The zero-order chi connectivity index (χ0) is 16.8. The van der Waals surface area contributed by atoms with E-state index in [0.29, 0.717) is 6.29 Å². The van der Waals surface area contributed by atoms with Crippen molar-refractivity contribution in [3.05, 3.63) is 12.3 Å². The Hall–Kier alpha value is -1.93. The van der Waals surface area contributed by atoms with Crippen LogP contribution in [0.2, 0.25) is 0 Å². The predicted octanol–water partition coefficient (Wildman–Crippen LogP) is 1.92. The molecule has 0 atom stereocenters. The SMILES string of the molecule is CCCC(C)(C)OOC=CC(=O)OC(=O)OCCOCC=O. The first-order valence-corrected chi connectivity index (χ1v) is 6.82. The molecule has 0 aromatic carbocycles. The van der Waals surface area contributed by atoms with Gasteiger partial charge in [0.05, 0.1) is 12.7 Å². The fraction of sp³-hybridized carbons (Fsp3) is 0.643. The van der Waals surface area contributed by atoms with E-state index in [1.165, 1.54) is 0 Å². The van der Waals surface area contributed by atoms with E-state index in [1.54, 1.807) is 0 Å². The lowest BCUT2D eigenvalue weighted by Crippen LogP contribution is -2.23. The van der Waals surface area contributed by atoms with Gasteiger partial charge in [0.1, 0.15) is 31.4 Å². The van der Waals surface area contributed by atoms with E-state index in [2.05, 4.69) is 9.47 Å². The summed E-state index contributed by atoms with van der Waals surface area (Å²) in [4.78, 5) is 42.0. The highest BCUT2D eigenvalue weighted by molar-refractivity contribution is 5.89. The van der Waals surface area contributed by atoms with E-state index in [4.69, 9.17) is 14.5 Å². The Kier molecular flexibility index (Phi) is 10.7. The average Bonchev–Trinajstić information content (AvgIpc) is 2.43. The van der Waals surface area contributed by atoms with E-state index in [9.17, 15) is 14.4 Å². The Bertz CT molecular complexity index is 375. The van der Waals surface area contributed by atoms with Crippen molar-refractivity contribution in [1.29, 1.82) is 0 Å². The molecule has 0 fully saturated rings. The molecule has 0 radical (unpaired) electrons. The summed E-state index contributed by atoms with van der Waals surface area (Å²) in [7, 11) is 0. The van der Waals surface area contributed by atoms with Gasteiger partial charge in [0.2, 0.25) is 0 Å². The van der Waals surface area contributed by atoms with Crippen molar-refractivity contribution in [2.75, 3.05) is 19.8 Å². The molecule has 126 valence electrons. The zero-order valence-electron chi connectivity index (χ0n) is 13.0. The number of hydrogen-bond acceptors (Lipinski definition) is 8. The lowest BCUT2D eigenvalue weighted by Gasteiger charge is -2.21. The minimum Gasteiger partial charge on any atom is -0.431 e. The molecule has 0 rings (SSSR count). The second-order valence-corrected chi connectivity index (χ2v) is 4.75. The molecular formula is C14H22O8. The van der Waals surface area contributed by atoms with Crippen LogP contribution in [0.3, 0.4) is 0 Å². The van der Waals surface area contributed by atoms with Crippen molar-refractivity contribution in [3.8, 4) is 0 Å². The van der Waals surface area contributed by atoms with Gasteiger partial charge in [-0.1, -0.05) is 13.3 Å². The zero-order valence-corrected chi connectivity index (χ0v) is 13.0. The number of ether oxygens (including phenoxy) is 3. The van der Waals surface area contributed by atoms with Crippen molar-refractivity contribution < 1.29 is 38.4 Å². The second kappa shape index (κ2) is 11.7. The molecule has 0 amide bonds. The van der Waals surface area contributed by atoms with Crippen molar-refractivity contribution in [1.82, 2.24) is 0 Å². The third-order valence-electron chi connectivity index (χ3n) is 2.20. The summed E-state index contributed by atoms with van der Waals surface area (Å²) in [6.45, 7) is 5.49. The van der Waals surface area contributed by atoms with Crippen LogP contribution in [-0.4, -0.2) is 43.8 Å². The third kappa shape index (κ3) is 11.9. The fourth-order valence-corrected chi connectivity index (χ4v) is 1.35. The van der Waals surface area contributed by atoms with Crippen LogP contribution in [0.25, 0.3) is 0 Å². The fourth-order valence-electron chi connectivity index (χ4n) is 1.35. The van der Waals surface area contributed by atoms with Gasteiger partial charge < -0.3 is 23.9 Å². The second-order valence-electron chi connectivity index (χ2n) is 4.75. The van der Waals surface area contributed by atoms with E-state index in [0.717, 1.165) is 25.2 Å². The maximum Gasteiger partial charge on any atom is 0.516 e. The molecule has 0 unspecified atom stereocenters. The van der Waals surface area contributed by atoms with Crippen LogP contribution >= 0.6 is 0 Å². The Balaban J connectivity index is 3.81. The smallest absolute Gasteiger partial charge is 0.431 e. The summed E-state index contributed by atoms with van der Waals surface area (Å²) in [5.41, 5.74) is -0.483. The Morgan fingerprint density at radius 1 is 1.18 bits per heavy atom. The molecular weight excluding hydrogens is 296 g/mol. The number of esters is 1. The van der Waals surface area contributed by atoms with Gasteiger partial charge in [-0.3, -0.25) is 0 Å². The van der Waals surface area contributed by atoms with E-state index >= 15 is 0 Å². The highest BCUT2D eigenvalue weighted by atomic mass is 17.2. The molecule has 22 heavy (non-hydrogen) atoms. The highest BCUT2D eigenvalue weighted by Crippen LogP contribution is 2.16. The van der Waals surface area contributed by atoms with Crippen LogP contribution in [0.15, 0.2) is 12.3 Å². The molecule has 8 heteroatoms. The normalized spacial score (nSPS) is 11.2. The van der Waals surface area contributed by atoms with Gasteiger partial charge in [-0.05, 0) is 20.3 Å². The third-order valence-corrected chi connectivity index (χ3v) is 2.20. The molecule has 0 spiro atoms. The van der Waals surface area contributed by atoms with E-state index in [-0.39, 0.29) is 19.8 Å². The highest BCUT2D eigenvalue weighted by Gasteiger charge is 2.18. The number of rotatable bonds is 11. The molecule has 0 saturated carbocycles. The Labute approximate surface area is 129 Å². The number of carbonyl (C=O) groups excluding carboxylic acids is 3. The first kappa shape index (κ1) is 20.1. The van der Waals surface area contributed by atoms with Crippen LogP contribution in [0.1, 0.15) is 33.6 Å². The van der Waals surface area contributed by atoms with Gasteiger partial charge in [0.15, 0.2) is 0 Å². The van der Waals surface area contributed by atoms with Crippen LogP contribution in [0.5, 0.6) is 0 Å². The van der Waals surface area contributed by atoms with Gasteiger partial charge in [-0.25, -0.2) is 9.59 Å². The van der Waals surface area contributed by atoms with Crippen LogP contribution in [-0.2, 0) is 33.6 Å². The van der Waals surface area contributed by atoms with Crippen molar-refractivity contribution in [2.45, 2.75) is 39.2 Å². The minimum absolute atomic E-state index is 0.0291. The van der Waals surface area contributed by atoms with E-state index < -0.39 is 17.7 Å². The maximum atomic E-state index is 11.2. The summed E-state index contributed by atoms with van der Waals surface area (Å²) < 4.78 is 13.5. The summed E-state index contributed by atoms with van der Waals surface area (Å²) in [5, 5.41) is 0. The molecule has 0 aromatic heterocycles. The van der Waals surface area contributed by atoms with Gasteiger partial charge in [-0.2, -0.15) is 4.89 Å². The summed E-state index contributed by atoms with van der Waals surface area (Å²) in [5.74, 6) is -0.962. The quantitative estimate of drug-likeness (QED) is 0.0833. The molecule has 0 saturated heterocycles. The summed E-state index contributed by atoms with van der Waals surface area (Å²) in [6, 6.07) is 0.